The SMILES string of the molecule is CCC(NC(=O)CBr)O[Si](C)(Cc1ccc([N+](=O)[O-])cc1)C(C)(C)C. The van der Waals surface area contributed by atoms with Crippen LogP contribution in [-0.4, -0.2) is 30.7 Å². The molecular weight excluding hydrogens is 404 g/mol. The number of nitrogens with one attached hydrogen (secondary N) is 1. The fraction of sp³-hybridized carbons (Fsp3) is 0.588. The summed E-state index contributed by atoms with van der Waals surface area (Å²) in [5.41, 5.74) is 1.09. The summed E-state index contributed by atoms with van der Waals surface area (Å²) in [6, 6.07) is 7.34. The number of nitro groups is 1. The fourth-order valence-electron chi connectivity index (χ4n) is 2.36. The molecule has 0 spiro atoms. The molecule has 2 atom stereocenters. The van der Waals surface area contributed by atoms with Crippen LogP contribution in [0.2, 0.25) is 11.6 Å². The van der Waals surface area contributed by atoms with Crippen LogP contribution in [0.1, 0.15) is 39.7 Å². The minimum atomic E-state index is -2.30. The highest BCUT2D eigenvalue weighted by Gasteiger charge is 2.43. The van der Waals surface area contributed by atoms with Crippen LogP contribution in [0.25, 0.3) is 0 Å². The van der Waals surface area contributed by atoms with Crippen molar-refractivity contribution in [1.29, 1.82) is 0 Å². The zero-order chi connectivity index (χ0) is 19.3. The van der Waals surface area contributed by atoms with Crippen molar-refractivity contribution in [2.75, 3.05) is 5.33 Å². The summed E-state index contributed by atoms with van der Waals surface area (Å²) in [6.07, 6.45) is 0.344. The quantitative estimate of drug-likeness (QED) is 0.219. The van der Waals surface area contributed by atoms with Gasteiger partial charge in [-0.05, 0) is 29.6 Å². The summed E-state index contributed by atoms with van der Waals surface area (Å²) in [5.74, 6) is -0.104. The van der Waals surface area contributed by atoms with E-state index in [1.54, 1.807) is 12.1 Å². The van der Waals surface area contributed by atoms with Crippen molar-refractivity contribution in [2.24, 2.45) is 0 Å². The smallest absolute Gasteiger partial charge is 0.269 e. The van der Waals surface area contributed by atoms with Crippen LogP contribution in [0.5, 0.6) is 0 Å². The molecule has 0 bridgehead atoms. The molecule has 0 radical (unpaired) electrons. The monoisotopic (exact) mass is 430 g/mol. The molecule has 0 fully saturated rings. The molecule has 2 unspecified atom stereocenters. The van der Waals surface area contributed by atoms with Gasteiger partial charge in [-0.2, -0.15) is 0 Å². The van der Waals surface area contributed by atoms with E-state index in [1.165, 1.54) is 12.1 Å². The number of nitro benzene ring substituents is 1. The molecule has 8 heteroatoms. The van der Waals surface area contributed by atoms with E-state index < -0.39 is 13.2 Å². The van der Waals surface area contributed by atoms with Gasteiger partial charge >= 0.3 is 0 Å². The topological polar surface area (TPSA) is 81.5 Å². The Kier molecular flexibility index (Phi) is 7.77. The molecule has 1 aromatic rings. The maximum atomic E-state index is 11.7. The van der Waals surface area contributed by atoms with Crippen molar-refractivity contribution in [3.63, 3.8) is 0 Å². The van der Waals surface area contributed by atoms with E-state index in [2.05, 4.69) is 48.6 Å². The average Bonchev–Trinajstić information content (AvgIpc) is 2.53. The largest absolute Gasteiger partial charge is 0.397 e. The van der Waals surface area contributed by atoms with Gasteiger partial charge < -0.3 is 9.74 Å². The van der Waals surface area contributed by atoms with Gasteiger partial charge in [0, 0.05) is 12.1 Å². The predicted molar refractivity (Wildman–Crippen MR) is 105 cm³/mol. The lowest BCUT2D eigenvalue weighted by Gasteiger charge is -2.42. The number of amides is 1. The summed E-state index contributed by atoms with van der Waals surface area (Å²) in [7, 11) is -2.30. The number of hydrogen-bond donors (Lipinski definition) is 1. The van der Waals surface area contributed by atoms with Gasteiger partial charge in [-0.25, -0.2) is 0 Å². The Hall–Kier alpha value is -1.25. The zero-order valence-electron chi connectivity index (χ0n) is 15.5. The minimum absolute atomic E-state index is 0.0681. The molecular formula is C17H27BrN2O4Si. The zero-order valence-corrected chi connectivity index (χ0v) is 18.1. The Balaban J connectivity index is 3.01. The first kappa shape index (κ1) is 21.8. The number of benzene rings is 1. The number of carbonyl (C=O) groups is 1. The number of rotatable bonds is 8. The molecule has 0 aromatic heterocycles. The van der Waals surface area contributed by atoms with E-state index in [0.717, 1.165) is 11.6 Å². The maximum absolute atomic E-state index is 11.7. The second-order valence-corrected chi connectivity index (χ2v) is 12.4. The molecule has 0 saturated carbocycles. The van der Waals surface area contributed by atoms with Crippen molar-refractivity contribution >= 4 is 35.8 Å². The number of halogens is 1. The number of carbonyl (C=O) groups excluding carboxylic acids is 1. The molecule has 0 aliphatic carbocycles. The van der Waals surface area contributed by atoms with Gasteiger partial charge in [-0.15, -0.1) is 0 Å². The van der Waals surface area contributed by atoms with Gasteiger partial charge in [0.1, 0.15) is 6.23 Å². The van der Waals surface area contributed by atoms with E-state index in [-0.39, 0.29) is 28.2 Å². The number of nitrogens with zero attached hydrogens (tertiary/aromatic N) is 1. The third kappa shape index (κ3) is 6.20. The highest BCUT2D eigenvalue weighted by molar-refractivity contribution is 9.09. The van der Waals surface area contributed by atoms with Crippen molar-refractivity contribution in [2.45, 2.75) is 58.0 Å². The minimum Gasteiger partial charge on any atom is -0.397 e. The Morgan fingerprint density at radius 2 is 1.92 bits per heavy atom. The van der Waals surface area contributed by atoms with Gasteiger partial charge in [0.05, 0.1) is 10.3 Å². The molecule has 0 heterocycles. The summed E-state index contributed by atoms with van der Waals surface area (Å²) < 4.78 is 6.46. The molecule has 0 saturated heterocycles. The second kappa shape index (κ2) is 8.91. The lowest BCUT2D eigenvalue weighted by molar-refractivity contribution is -0.384. The molecule has 140 valence electrons. The van der Waals surface area contributed by atoms with E-state index >= 15 is 0 Å². The van der Waals surface area contributed by atoms with Crippen LogP contribution in [0, 0.1) is 10.1 Å². The molecule has 0 aliphatic rings. The normalized spacial score (nSPS) is 15.3. The Labute approximate surface area is 158 Å². The summed E-state index contributed by atoms with van der Waals surface area (Å²) in [6.45, 7) is 10.6. The van der Waals surface area contributed by atoms with Gasteiger partial charge in [-0.3, -0.25) is 14.9 Å². The Morgan fingerprint density at radius 1 is 1.36 bits per heavy atom. The van der Waals surface area contributed by atoms with Crippen molar-refractivity contribution < 1.29 is 14.1 Å². The average molecular weight is 431 g/mol. The van der Waals surface area contributed by atoms with Crippen molar-refractivity contribution in [3.8, 4) is 0 Å². The first-order valence-electron chi connectivity index (χ1n) is 8.29. The number of non-ortho nitro benzene ring substituents is 1. The number of alkyl halides is 1. The summed E-state index contributed by atoms with van der Waals surface area (Å²) >= 11 is 3.15. The van der Waals surface area contributed by atoms with Crippen molar-refractivity contribution in [3.05, 3.63) is 39.9 Å². The van der Waals surface area contributed by atoms with E-state index in [9.17, 15) is 14.9 Å². The molecule has 1 amide bonds. The first-order valence-corrected chi connectivity index (χ1v) is 12.0. The first-order chi connectivity index (χ1) is 11.5. The van der Waals surface area contributed by atoms with Crippen LogP contribution in [0.4, 0.5) is 5.69 Å². The standard InChI is InChI=1S/C17H27BrN2O4Si/c1-6-16(19-15(21)11-18)24-25(5,17(2,3)4)12-13-7-9-14(10-8-13)20(22)23/h7-10,16H,6,11-12H2,1-5H3,(H,19,21). The summed E-state index contributed by atoms with van der Waals surface area (Å²) in [4.78, 5) is 22.1. The van der Waals surface area contributed by atoms with E-state index in [0.29, 0.717) is 6.42 Å². The number of hydrogen-bond acceptors (Lipinski definition) is 4. The molecule has 25 heavy (non-hydrogen) atoms. The predicted octanol–water partition coefficient (Wildman–Crippen LogP) is 4.32. The summed E-state index contributed by atoms with van der Waals surface area (Å²) in [5, 5.41) is 13.9. The highest BCUT2D eigenvalue weighted by Crippen LogP contribution is 2.40. The third-order valence-electron chi connectivity index (χ3n) is 4.49. The van der Waals surface area contributed by atoms with Crippen molar-refractivity contribution in [1.82, 2.24) is 5.32 Å². The van der Waals surface area contributed by atoms with Gasteiger partial charge in [0.15, 0.2) is 0 Å². The lowest BCUT2D eigenvalue weighted by atomic mass is 10.2. The van der Waals surface area contributed by atoms with Crippen LogP contribution in [0.15, 0.2) is 24.3 Å². The van der Waals surface area contributed by atoms with Crippen LogP contribution < -0.4 is 5.32 Å². The van der Waals surface area contributed by atoms with Gasteiger partial charge in [-0.1, -0.05) is 55.8 Å². The van der Waals surface area contributed by atoms with Crippen LogP contribution >= 0.6 is 15.9 Å². The highest BCUT2D eigenvalue weighted by atomic mass is 79.9. The van der Waals surface area contributed by atoms with Crippen LogP contribution in [-0.2, 0) is 15.3 Å². The van der Waals surface area contributed by atoms with E-state index in [4.69, 9.17) is 4.43 Å². The Bertz CT molecular complexity index is 604. The Morgan fingerprint density at radius 3 is 2.32 bits per heavy atom. The maximum Gasteiger partial charge on any atom is 0.269 e. The molecule has 1 rings (SSSR count). The molecule has 1 N–H and O–H groups in total. The molecule has 6 nitrogen and oxygen atoms in total. The second-order valence-electron chi connectivity index (χ2n) is 7.30. The fourth-order valence-corrected chi connectivity index (χ4v) is 5.35. The van der Waals surface area contributed by atoms with E-state index in [1.807, 2.05) is 6.92 Å². The van der Waals surface area contributed by atoms with Gasteiger partial charge in [0.2, 0.25) is 14.2 Å². The lowest BCUT2D eigenvalue weighted by Crippen LogP contribution is -2.53. The molecule has 1 aromatic carbocycles. The van der Waals surface area contributed by atoms with Crippen LogP contribution in [0.3, 0.4) is 0 Å². The molecule has 0 aliphatic heterocycles. The third-order valence-corrected chi connectivity index (χ3v) is 10.1. The van der Waals surface area contributed by atoms with Gasteiger partial charge in [0.25, 0.3) is 5.69 Å².